The van der Waals surface area contributed by atoms with Gasteiger partial charge in [-0.1, -0.05) is 6.92 Å². The molecular formula is C15H28N2O2S. The highest BCUT2D eigenvalue weighted by Crippen LogP contribution is 2.25. The third kappa shape index (κ3) is 4.64. The summed E-state index contributed by atoms with van der Waals surface area (Å²) in [6, 6.07) is 0.680. The molecule has 2 rings (SSSR count). The van der Waals surface area contributed by atoms with Crippen LogP contribution in [0.1, 0.15) is 39.5 Å². The van der Waals surface area contributed by atoms with Crippen LogP contribution in [0.4, 0.5) is 0 Å². The van der Waals surface area contributed by atoms with Gasteiger partial charge in [0.05, 0.1) is 6.10 Å². The number of hydrogen-bond acceptors (Lipinski definition) is 4. The Bertz CT molecular complexity index is 302. The van der Waals surface area contributed by atoms with Gasteiger partial charge in [0, 0.05) is 37.4 Å². The highest BCUT2D eigenvalue weighted by atomic mass is 32.2. The smallest absolute Gasteiger partial charge is 0.224 e. The van der Waals surface area contributed by atoms with E-state index in [9.17, 15) is 4.79 Å². The van der Waals surface area contributed by atoms with E-state index in [1.54, 1.807) is 0 Å². The first kappa shape index (κ1) is 16.1. The molecule has 3 unspecified atom stereocenters. The number of nitrogens with one attached hydrogen (secondary N) is 1. The summed E-state index contributed by atoms with van der Waals surface area (Å²) in [5.74, 6) is 2.57. The van der Waals surface area contributed by atoms with E-state index in [0.717, 1.165) is 44.7 Å². The van der Waals surface area contributed by atoms with Gasteiger partial charge < -0.3 is 15.0 Å². The molecule has 2 fully saturated rings. The van der Waals surface area contributed by atoms with E-state index in [1.807, 2.05) is 11.8 Å². The molecule has 4 nitrogen and oxygen atoms in total. The lowest BCUT2D eigenvalue weighted by atomic mass is 10.1. The Morgan fingerprint density at radius 3 is 2.95 bits per heavy atom. The Hall–Kier alpha value is -0.260. The summed E-state index contributed by atoms with van der Waals surface area (Å²) in [7, 11) is 0. The fourth-order valence-corrected chi connectivity index (χ4v) is 4.25. The van der Waals surface area contributed by atoms with E-state index in [1.165, 1.54) is 5.75 Å². The van der Waals surface area contributed by atoms with Crippen molar-refractivity contribution in [2.75, 3.05) is 31.2 Å². The fourth-order valence-electron chi connectivity index (χ4n) is 3.03. The summed E-state index contributed by atoms with van der Waals surface area (Å²) in [6.45, 7) is 6.75. The molecular weight excluding hydrogens is 272 g/mol. The van der Waals surface area contributed by atoms with Crippen molar-refractivity contribution in [3.63, 3.8) is 0 Å². The summed E-state index contributed by atoms with van der Waals surface area (Å²) in [5, 5.41) is 3.33. The Labute approximate surface area is 127 Å². The first-order valence-corrected chi connectivity index (χ1v) is 9.08. The molecule has 20 heavy (non-hydrogen) atoms. The molecule has 0 aliphatic carbocycles. The SMILES string of the molecule is CCNC(C)CC(=O)N(CC1CCCO1)C1CCSC1. The normalized spacial score (nSPS) is 27.7. The highest BCUT2D eigenvalue weighted by molar-refractivity contribution is 7.99. The van der Waals surface area contributed by atoms with Crippen LogP contribution in [0.2, 0.25) is 0 Å². The van der Waals surface area contributed by atoms with Gasteiger partial charge in [0.25, 0.3) is 0 Å². The largest absolute Gasteiger partial charge is 0.376 e. The predicted molar refractivity (Wildman–Crippen MR) is 84.2 cm³/mol. The van der Waals surface area contributed by atoms with Crippen LogP contribution in [0.5, 0.6) is 0 Å². The van der Waals surface area contributed by atoms with Crippen LogP contribution in [-0.2, 0) is 9.53 Å². The van der Waals surface area contributed by atoms with Crippen LogP contribution in [-0.4, -0.2) is 60.2 Å². The predicted octanol–water partition coefficient (Wildman–Crippen LogP) is 1.89. The van der Waals surface area contributed by atoms with Crippen molar-refractivity contribution in [1.29, 1.82) is 0 Å². The summed E-state index contributed by atoms with van der Waals surface area (Å²) in [5.41, 5.74) is 0. The minimum Gasteiger partial charge on any atom is -0.376 e. The van der Waals surface area contributed by atoms with Gasteiger partial charge >= 0.3 is 0 Å². The average molecular weight is 300 g/mol. The van der Waals surface area contributed by atoms with Crippen LogP contribution in [0.15, 0.2) is 0 Å². The van der Waals surface area contributed by atoms with E-state index in [2.05, 4.69) is 24.1 Å². The molecule has 2 aliphatic rings. The van der Waals surface area contributed by atoms with Crippen molar-refractivity contribution in [2.24, 2.45) is 0 Å². The van der Waals surface area contributed by atoms with Gasteiger partial charge in [-0.05, 0) is 38.5 Å². The lowest BCUT2D eigenvalue weighted by molar-refractivity contribution is -0.135. The van der Waals surface area contributed by atoms with Gasteiger partial charge in [-0.15, -0.1) is 0 Å². The highest BCUT2D eigenvalue weighted by Gasteiger charge is 2.30. The molecule has 2 saturated heterocycles. The van der Waals surface area contributed by atoms with Crippen LogP contribution in [0.25, 0.3) is 0 Å². The van der Waals surface area contributed by atoms with Crippen molar-refractivity contribution in [2.45, 2.75) is 57.7 Å². The molecule has 0 aromatic carbocycles. The Balaban J connectivity index is 1.91. The van der Waals surface area contributed by atoms with Crippen molar-refractivity contribution in [3.05, 3.63) is 0 Å². The van der Waals surface area contributed by atoms with Gasteiger partial charge in [0.1, 0.15) is 0 Å². The van der Waals surface area contributed by atoms with Gasteiger partial charge in [-0.2, -0.15) is 11.8 Å². The molecule has 0 bridgehead atoms. The number of carbonyl (C=O) groups is 1. The quantitative estimate of drug-likeness (QED) is 0.779. The monoisotopic (exact) mass is 300 g/mol. The molecule has 0 radical (unpaired) electrons. The molecule has 0 aromatic heterocycles. The minimum atomic E-state index is 0.258. The number of rotatable bonds is 7. The van der Waals surface area contributed by atoms with Crippen molar-refractivity contribution >= 4 is 17.7 Å². The van der Waals surface area contributed by atoms with E-state index in [0.29, 0.717) is 18.4 Å². The number of thioether (sulfide) groups is 1. The molecule has 1 amide bonds. The second-order valence-corrected chi connectivity index (χ2v) is 7.01. The molecule has 5 heteroatoms. The fraction of sp³-hybridized carbons (Fsp3) is 0.933. The van der Waals surface area contributed by atoms with E-state index >= 15 is 0 Å². The third-order valence-electron chi connectivity index (χ3n) is 4.12. The first-order valence-electron chi connectivity index (χ1n) is 7.93. The standard InChI is InChI=1S/C15H28N2O2S/c1-3-16-12(2)9-15(18)17(13-6-8-20-11-13)10-14-5-4-7-19-14/h12-14,16H,3-11H2,1-2H3. The average Bonchev–Trinajstić information content (AvgIpc) is 3.09. The number of amides is 1. The van der Waals surface area contributed by atoms with Crippen molar-refractivity contribution < 1.29 is 9.53 Å². The zero-order valence-corrected chi connectivity index (χ0v) is 13.6. The molecule has 2 heterocycles. The maximum absolute atomic E-state index is 12.6. The maximum Gasteiger partial charge on any atom is 0.224 e. The summed E-state index contributed by atoms with van der Waals surface area (Å²) < 4.78 is 5.73. The number of nitrogens with zero attached hydrogens (tertiary/aromatic N) is 1. The molecule has 3 atom stereocenters. The van der Waals surface area contributed by atoms with Crippen molar-refractivity contribution in [3.8, 4) is 0 Å². The Morgan fingerprint density at radius 2 is 2.35 bits per heavy atom. The molecule has 0 spiro atoms. The number of hydrogen-bond donors (Lipinski definition) is 1. The van der Waals surface area contributed by atoms with Crippen LogP contribution in [0.3, 0.4) is 0 Å². The van der Waals surface area contributed by atoms with Crippen molar-refractivity contribution in [1.82, 2.24) is 10.2 Å². The van der Waals surface area contributed by atoms with Crippen LogP contribution >= 0.6 is 11.8 Å². The van der Waals surface area contributed by atoms with E-state index < -0.39 is 0 Å². The van der Waals surface area contributed by atoms with E-state index in [-0.39, 0.29) is 12.1 Å². The van der Waals surface area contributed by atoms with Crippen LogP contribution in [0, 0.1) is 0 Å². The molecule has 0 saturated carbocycles. The number of ether oxygens (including phenoxy) is 1. The van der Waals surface area contributed by atoms with E-state index in [4.69, 9.17) is 4.74 Å². The first-order chi connectivity index (χ1) is 9.70. The summed E-state index contributed by atoms with van der Waals surface area (Å²) in [6.07, 6.45) is 4.24. The molecule has 2 aliphatic heterocycles. The molecule has 116 valence electrons. The lowest BCUT2D eigenvalue weighted by Gasteiger charge is -2.31. The Morgan fingerprint density at radius 1 is 1.50 bits per heavy atom. The lowest BCUT2D eigenvalue weighted by Crippen LogP contribution is -2.46. The van der Waals surface area contributed by atoms with Gasteiger partial charge in [-0.3, -0.25) is 4.79 Å². The molecule has 1 N–H and O–H groups in total. The van der Waals surface area contributed by atoms with Crippen LogP contribution < -0.4 is 5.32 Å². The molecule has 0 aromatic rings. The summed E-state index contributed by atoms with van der Waals surface area (Å²) in [4.78, 5) is 14.7. The van der Waals surface area contributed by atoms with Gasteiger partial charge in [-0.25, -0.2) is 0 Å². The third-order valence-corrected chi connectivity index (χ3v) is 5.27. The zero-order valence-electron chi connectivity index (χ0n) is 12.8. The maximum atomic E-state index is 12.6. The second-order valence-electron chi connectivity index (χ2n) is 5.86. The topological polar surface area (TPSA) is 41.6 Å². The van der Waals surface area contributed by atoms with Gasteiger partial charge in [0.15, 0.2) is 0 Å². The van der Waals surface area contributed by atoms with Gasteiger partial charge in [0.2, 0.25) is 5.91 Å². The summed E-state index contributed by atoms with van der Waals surface area (Å²) >= 11 is 1.96. The number of carbonyl (C=O) groups excluding carboxylic acids is 1. The second kappa shape index (κ2) is 8.25. The zero-order chi connectivity index (χ0) is 14.4. The minimum absolute atomic E-state index is 0.258. The Kier molecular flexibility index (Phi) is 6.65.